The summed E-state index contributed by atoms with van der Waals surface area (Å²) in [5.74, 6) is -2.61. The zero-order valence-electron chi connectivity index (χ0n) is 7.54. The first-order chi connectivity index (χ1) is 6.68. The summed E-state index contributed by atoms with van der Waals surface area (Å²) >= 11 is 1.11. The highest BCUT2D eigenvalue weighted by molar-refractivity contribution is 7.09. The topological polar surface area (TPSA) is 37.8 Å². The van der Waals surface area contributed by atoms with Crippen LogP contribution in [0.2, 0.25) is 0 Å². The van der Waals surface area contributed by atoms with E-state index in [1.807, 2.05) is 0 Å². The van der Waals surface area contributed by atoms with E-state index in [0.29, 0.717) is 18.0 Å². The lowest BCUT2D eigenvalue weighted by atomic mass is 9.92. The molecule has 3 nitrogen and oxygen atoms in total. The number of alkyl halides is 2. The van der Waals surface area contributed by atoms with Gasteiger partial charge in [0, 0.05) is 18.0 Å². The minimum Gasteiger partial charge on any atom is -0.352 e. The zero-order chi connectivity index (χ0) is 10.0. The van der Waals surface area contributed by atoms with E-state index in [2.05, 4.69) is 14.7 Å². The summed E-state index contributed by atoms with van der Waals surface area (Å²) in [6, 6.07) is -0.774. The number of halogens is 2. The van der Waals surface area contributed by atoms with Gasteiger partial charge in [0.15, 0.2) is 0 Å². The highest BCUT2D eigenvalue weighted by Gasteiger charge is 2.41. The minimum absolute atomic E-state index is 0.0243. The molecule has 1 heterocycles. The van der Waals surface area contributed by atoms with Crippen molar-refractivity contribution in [2.75, 3.05) is 5.32 Å². The van der Waals surface area contributed by atoms with Crippen molar-refractivity contribution in [2.45, 2.75) is 37.6 Å². The summed E-state index contributed by atoms with van der Waals surface area (Å²) in [6.07, 6.45) is 3.32. The van der Waals surface area contributed by atoms with Gasteiger partial charge in [-0.1, -0.05) is 6.42 Å². The second kappa shape index (κ2) is 3.76. The van der Waals surface area contributed by atoms with Crippen LogP contribution >= 0.6 is 11.5 Å². The second-order valence-electron chi connectivity index (χ2n) is 3.45. The maximum Gasteiger partial charge on any atom is 0.267 e. The molecule has 1 fully saturated rings. The number of rotatable bonds is 2. The molecule has 1 unspecified atom stereocenters. The molecule has 0 bridgehead atoms. The highest BCUT2D eigenvalue weighted by atomic mass is 32.1. The molecule has 0 aromatic carbocycles. The van der Waals surface area contributed by atoms with Gasteiger partial charge in [-0.3, -0.25) is 0 Å². The van der Waals surface area contributed by atoms with E-state index in [1.165, 1.54) is 6.33 Å². The molecular formula is C8H11F2N3S. The third-order valence-electron chi connectivity index (χ3n) is 2.42. The molecule has 14 heavy (non-hydrogen) atoms. The number of aromatic nitrogens is 2. The Morgan fingerprint density at radius 2 is 2.36 bits per heavy atom. The Kier molecular flexibility index (Phi) is 2.62. The van der Waals surface area contributed by atoms with Crippen LogP contribution in [0.25, 0.3) is 0 Å². The Labute approximate surface area is 84.7 Å². The summed E-state index contributed by atoms with van der Waals surface area (Å²) in [7, 11) is 0. The molecule has 0 spiro atoms. The SMILES string of the molecule is FC1(F)CCCCC1Nc1ncns1. The van der Waals surface area contributed by atoms with E-state index in [-0.39, 0.29) is 6.42 Å². The lowest BCUT2D eigenvalue weighted by molar-refractivity contribution is -0.0448. The number of nitrogens with zero attached hydrogens (tertiary/aromatic N) is 2. The summed E-state index contributed by atoms with van der Waals surface area (Å²) in [6.45, 7) is 0. The molecule has 1 aliphatic rings. The third-order valence-corrected chi connectivity index (χ3v) is 3.02. The van der Waals surface area contributed by atoms with Crippen molar-refractivity contribution in [1.29, 1.82) is 0 Å². The molecule has 0 aliphatic heterocycles. The van der Waals surface area contributed by atoms with Gasteiger partial charge in [0.05, 0.1) is 6.04 Å². The lowest BCUT2D eigenvalue weighted by Gasteiger charge is -2.31. The normalized spacial score (nSPS) is 26.0. The Morgan fingerprint density at radius 1 is 1.50 bits per heavy atom. The van der Waals surface area contributed by atoms with Crippen molar-refractivity contribution in [2.24, 2.45) is 0 Å². The van der Waals surface area contributed by atoms with Crippen LogP contribution in [0.5, 0.6) is 0 Å². The fourth-order valence-electron chi connectivity index (χ4n) is 1.66. The Hall–Kier alpha value is -0.780. The average Bonchev–Trinajstić information content (AvgIpc) is 2.61. The molecule has 0 amide bonds. The maximum atomic E-state index is 13.4. The van der Waals surface area contributed by atoms with Crippen molar-refractivity contribution in [3.05, 3.63) is 6.33 Å². The van der Waals surface area contributed by atoms with Gasteiger partial charge < -0.3 is 5.32 Å². The zero-order valence-corrected chi connectivity index (χ0v) is 8.36. The molecule has 1 aliphatic carbocycles. The first-order valence-corrected chi connectivity index (χ1v) is 5.37. The van der Waals surface area contributed by atoms with Crippen molar-refractivity contribution >= 4 is 16.7 Å². The largest absolute Gasteiger partial charge is 0.352 e. The number of hydrogen-bond acceptors (Lipinski definition) is 4. The first kappa shape index (κ1) is 9.76. The predicted molar refractivity (Wildman–Crippen MR) is 50.7 cm³/mol. The molecule has 1 saturated carbocycles. The van der Waals surface area contributed by atoms with E-state index >= 15 is 0 Å². The van der Waals surface area contributed by atoms with E-state index < -0.39 is 12.0 Å². The van der Waals surface area contributed by atoms with Crippen molar-refractivity contribution < 1.29 is 8.78 Å². The fraction of sp³-hybridized carbons (Fsp3) is 0.750. The molecule has 2 rings (SSSR count). The van der Waals surface area contributed by atoms with E-state index in [1.54, 1.807) is 0 Å². The second-order valence-corrected chi connectivity index (χ2v) is 4.23. The molecule has 1 N–H and O–H groups in total. The summed E-state index contributed by atoms with van der Waals surface area (Å²) < 4.78 is 30.5. The van der Waals surface area contributed by atoms with Crippen LogP contribution in [0, 0.1) is 0 Å². The Balaban J connectivity index is 2.02. The summed E-state index contributed by atoms with van der Waals surface area (Å²) in [4.78, 5) is 3.84. The smallest absolute Gasteiger partial charge is 0.267 e. The fourth-order valence-corrected chi connectivity index (χ4v) is 2.14. The van der Waals surface area contributed by atoms with Crippen LogP contribution in [0.3, 0.4) is 0 Å². The van der Waals surface area contributed by atoms with Gasteiger partial charge in [-0.25, -0.2) is 13.8 Å². The number of nitrogens with one attached hydrogen (secondary N) is 1. The van der Waals surface area contributed by atoms with Crippen molar-refractivity contribution in [3.8, 4) is 0 Å². The standard InChI is InChI=1S/C8H11F2N3S/c9-8(10)4-2-1-3-6(8)13-7-11-5-12-14-7/h5-6H,1-4H2,(H,11,12,13). The maximum absolute atomic E-state index is 13.4. The van der Waals surface area contributed by atoms with E-state index in [9.17, 15) is 8.78 Å². The van der Waals surface area contributed by atoms with Gasteiger partial charge in [-0.05, 0) is 12.8 Å². The number of hydrogen-bond donors (Lipinski definition) is 1. The van der Waals surface area contributed by atoms with Gasteiger partial charge in [0.2, 0.25) is 5.13 Å². The van der Waals surface area contributed by atoms with Crippen LogP contribution in [-0.4, -0.2) is 21.3 Å². The van der Waals surface area contributed by atoms with E-state index in [0.717, 1.165) is 18.0 Å². The quantitative estimate of drug-likeness (QED) is 0.830. The van der Waals surface area contributed by atoms with Gasteiger partial charge in [-0.2, -0.15) is 4.37 Å². The van der Waals surface area contributed by atoms with Gasteiger partial charge in [0.1, 0.15) is 6.33 Å². The number of anilines is 1. The van der Waals surface area contributed by atoms with Crippen molar-refractivity contribution in [3.63, 3.8) is 0 Å². The van der Waals surface area contributed by atoms with E-state index in [4.69, 9.17) is 0 Å². The predicted octanol–water partition coefficient (Wildman–Crippen LogP) is 2.53. The van der Waals surface area contributed by atoms with Crippen molar-refractivity contribution in [1.82, 2.24) is 9.36 Å². The molecule has 1 aromatic rings. The molecular weight excluding hydrogens is 208 g/mol. The summed E-state index contributed by atoms with van der Waals surface area (Å²) in [5, 5.41) is 3.23. The van der Waals surface area contributed by atoms with Crippen LogP contribution in [0.4, 0.5) is 13.9 Å². The van der Waals surface area contributed by atoms with Crippen LogP contribution in [0.1, 0.15) is 25.7 Å². The average molecular weight is 219 g/mol. The lowest BCUT2D eigenvalue weighted by Crippen LogP contribution is -2.42. The molecule has 1 aromatic heterocycles. The minimum atomic E-state index is -2.61. The van der Waals surface area contributed by atoms with Crippen LogP contribution in [-0.2, 0) is 0 Å². The molecule has 1 atom stereocenters. The van der Waals surface area contributed by atoms with Crippen LogP contribution < -0.4 is 5.32 Å². The molecule has 6 heteroatoms. The molecule has 78 valence electrons. The molecule has 0 radical (unpaired) electrons. The summed E-state index contributed by atoms with van der Waals surface area (Å²) in [5.41, 5.74) is 0. The Bertz CT molecular complexity index is 289. The van der Waals surface area contributed by atoms with Crippen LogP contribution in [0.15, 0.2) is 6.33 Å². The van der Waals surface area contributed by atoms with Gasteiger partial charge in [-0.15, -0.1) is 0 Å². The van der Waals surface area contributed by atoms with Gasteiger partial charge in [0.25, 0.3) is 5.92 Å². The highest BCUT2D eigenvalue weighted by Crippen LogP contribution is 2.35. The first-order valence-electron chi connectivity index (χ1n) is 4.59. The monoisotopic (exact) mass is 219 g/mol. The third kappa shape index (κ3) is 2.00. The Morgan fingerprint density at radius 3 is 3.00 bits per heavy atom. The molecule has 0 saturated heterocycles. The van der Waals surface area contributed by atoms with Gasteiger partial charge >= 0.3 is 0 Å².